The summed E-state index contributed by atoms with van der Waals surface area (Å²) in [7, 11) is 1.95. The summed E-state index contributed by atoms with van der Waals surface area (Å²) < 4.78 is 3.65. The minimum absolute atomic E-state index is 0.323. The lowest BCUT2D eigenvalue weighted by Gasteiger charge is -2.11. The molecule has 0 aliphatic rings. The first kappa shape index (κ1) is 17.0. The third-order valence-corrected chi connectivity index (χ3v) is 4.05. The van der Waals surface area contributed by atoms with Gasteiger partial charge in [-0.3, -0.25) is 9.63 Å². The van der Waals surface area contributed by atoms with Crippen LogP contribution in [0.3, 0.4) is 0 Å². The van der Waals surface area contributed by atoms with Crippen molar-refractivity contribution in [2.45, 2.75) is 20.8 Å². The third kappa shape index (κ3) is 3.34. The fraction of sp³-hybridized carbons (Fsp3) is 0.263. The molecule has 2 heterocycles. The summed E-state index contributed by atoms with van der Waals surface area (Å²) >= 11 is 0. The van der Waals surface area contributed by atoms with Gasteiger partial charge in [-0.25, -0.2) is 10.2 Å². The fourth-order valence-corrected chi connectivity index (χ4v) is 2.72. The van der Waals surface area contributed by atoms with Crippen LogP contribution in [-0.4, -0.2) is 26.9 Å². The van der Waals surface area contributed by atoms with Crippen molar-refractivity contribution in [3.8, 4) is 17.1 Å². The summed E-state index contributed by atoms with van der Waals surface area (Å²) in [4.78, 5) is 17.6. The largest absolute Gasteiger partial charge is 0.349 e. The van der Waals surface area contributed by atoms with Crippen LogP contribution >= 0.6 is 0 Å². The first-order chi connectivity index (χ1) is 12.0. The Morgan fingerprint density at radius 2 is 2.04 bits per heavy atom. The van der Waals surface area contributed by atoms with E-state index in [4.69, 9.17) is 9.94 Å². The number of hydrogen-bond donors (Lipinski definition) is 1. The molecule has 0 bridgehead atoms. The van der Waals surface area contributed by atoms with E-state index >= 15 is 0 Å². The molecule has 6 heteroatoms. The lowest BCUT2D eigenvalue weighted by molar-refractivity contribution is 0.0357. The van der Waals surface area contributed by atoms with Crippen molar-refractivity contribution < 1.29 is 9.63 Å². The molecule has 3 aromatic rings. The van der Waals surface area contributed by atoms with E-state index in [9.17, 15) is 4.79 Å². The molecule has 2 aromatic heterocycles. The van der Waals surface area contributed by atoms with Crippen molar-refractivity contribution in [1.29, 1.82) is 0 Å². The summed E-state index contributed by atoms with van der Waals surface area (Å²) in [6, 6.07) is 11.8. The van der Waals surface area contributed by atoms with Crippen LogP contribution in [0.5, 0.6) is 0 Å². The van der Waals surface area contributed by atoms with Gasteiger partial charge in [0.05, 0.1) is 18.0 Å². The van der Waals surface area contributed by atoms with E-state index in [2.05, 4.69) is 5.48 Å². The van der Waals surface area contributed by atoms with E-state index in [-0.39, 0.29) is 5.91 Å². The molecule has 0 saturated carbocycles. The second kappa shape index (κ2) is 6.94. The Bertz CT molecular complexity index is 908. The Kier molecular flexibility index (Phi) is 4.72. The lowest BCUT2D eigenvalue weighted by Crippen LogP contribution is -2.26. The summed E-state index contributed by atoms with van der Waals surface area (Å²) in [6.45, 7) is 6.24. The first-order valence-electron chi connectivity index (χ1n) is 8.22. The Morgan fingerprint density at radius 3 is 2.72 bits per heavy atom. The van der Waals surface area contributed by atoms with Gasteiger partial charge >= 0.3 is 0 Å². The van der Waals surface area contributed by atoms with Crippen LogP contribution in [0.25, 0.3) is 17.1 Å². The van der Waals surface area contributed by atoms with Crippen LogP contribution in [0.2, 0.25) is 0 Å². The monoisotopic (exact) mass is 338 g/mol. The van der Waals surface area contributed by atoms with Gasteiger partial charge in [-0.05, 0) is 56.2 Å². The minimum atomic E-state index is -0.323. The molecule has 0 spiro atoms. The SMILES string of the molecule is CCONC(=O)c1cc(-c2cccn2C)nn1-c1cc(C)ccc1C. The molecule has 130 valence electrons. The molecule has 0 fully saturated rings. The van der Waals surface area contributed by atoms with Crippen LogP contribution in [0, 0.1) is 13.8 Å². The van der Waals surface area contributed by atoms with Gasteiger partial charge in [0.1, 0.15) is 11.4 Å². The smallest absolute Gasteiger partial charge is 0.293 e. The van der Waals surface area contributed by atoms with Crippen molar-refractivity contribution in [3.63, 3.8) is 0 Å². The fourth-order valence-electron chi connectivity index (χ4n) is 2.72. The van der Waals surface area contributed by atoms with Crippen LogP contribution in [0.1, 0.15) is 28.5 Å². The Hall–Kier alpha value is -2.86. The van der Waals surface area contributed by atoms with Gasteiger partial charge in [-0.1, -0.05) is 12.1 Å². The number of amides is 1. The average Bonchev–Trinajstić information content (AvgIpc) is 3.21. The van der Waals surface area contributed by atoms with Gasteiger partial charge in [0.25, 0.3) is 5.91 Å². The van der Waals surface area contributed by atoms with Gasteiger partial charge < -0.3 is 4.57 Å². The number of aromatic nitrogens is 3. The van der Waals surface area contributed by atoms with Crippen molar-refractivity contribution in [3.05, 3.63) is 59.4 Å². The highest BCUT2D eigenvalue weighted by Crippen LogP contribution is 2.24. The average molecular weight is 338 g/mol. The van der Waals surface area contributed by atoms with E-state index in [0.717, 1.165) is 28.2 Å². The van der Waals surface area contributed by atoms with Crippen LogP contribution in [0.15, 0.2) is 42.6 Å². The number of rotatable bonds is 5. The highest BCUT2D eigenvalue weighted by Gasteiger charge is 2.19. The highest BCUT2D eigenvalue weighted by atomic mass is 16.6. The summed E-state index contributed by atoms with van der Waals surface area (Å²) in [5.74, 6) is -0.323. The second-order valence-electron chi connectivity index (χ2n) is 5.99. The molecule has 0 aliphatic carbocycles. The van der Waals surface area contributed by atoms with Gasteiger partial charge in [-0.2, -0.15) is 5.10 Å². The maximum absolute atomic E-state index is 12.6. The van der Waals surface area contributed by atoms with E-state index in [1.54, 1.807) is 10.7 Å². The predicted octanol–water partition coefficient (Wildman–Crippen LogP) is 3.18. The molecule has 0 aliphatic heterocycles. The molecular weight excluding hydrogens is 316 g/mol. The Labute approximate surface area is 147 Å². The maximum Gasteiger partial charge on any atom is 0.293 e. The number of aryl methyl sites for hydroxylation is 3. The number of carbonyl (C=O) groups is 1. The molecule has 25 heavy (non-hydrogen) atoms. The molecule has 0 radical (unpaired) electrons. The van der Waals surface area contributed by atoms with Crippen molar-refractivity contribution in [1.82, 2.24) is 19.8 Å². The van der Waals surface area contributed by atoms with Crippen LogP contribution < -0.4 is 5.48 Å². The van der Waals surface area contributed by atoms with Crippen LogP contribution in [-0.2, 0) is 11.9 Å². The second-order valence-corrected chi connectivity index (χ2v) is 5.99. The Morgan fingerprint density at radius 1 is 1.24 bits per heavy atom. The number of benzene rings is 1. The van der Waals surface area contributed by atoms with Gasteiger partial charge in [0.2, 0.25) is 0 Å². The van der Waals surface area contributed by atoms with E-state index in [1.807, 2.05) is 68.9 Å². The summed E-state index contributed by atoms with van der Waals surface area (Å²) in [5, 5.41) is 4.69. The zero-order valence-corrected chi connectivity index (χ0v) is 14.9. The number of carbonyl (C=O) groups excluding carboxylic acids is 1. The number of nitrogens with zero attached hydrogens (tertiary/aromatic N) is 3. The number of nitrogens with one attached hydrogen (secondary N) is 1. The quantitative estimate of drug-likeness (QED) is 0.727. The molecule has 1 aromatic carbocycles. The van der Waals surface area contributed by atoms with Gasteiger partial charge in [-0.15, -0.1) is 0 Å². The topological polar surface area (TPSA) is 61.1 Å². The van der Waals surface area contributed by atoms with E-state index < -0.39 is 0 Å². The molecule has 0 saturated heterocycles. The normalized spacial score (nSPS) is 10.9. The maximum atomic E-state index is 12.6. The van der Waals surface area contributed by atoms with E-state index in [1.165, 1.54) is 0 Å². The van der Waals surface area contributed by atoms with Crippen molar-refractivity contribution in [2.75, 3.05) is 6.61 Å². The van der Waals surface area contributed by atoms with Gasteiger partial charge in [0.15, 0.2) is 0 Å². The first-order valence-corrected chi connectivity index (χ1v) is 8.22. The van der Waals surface area contributed by atoms with Crippen LogP contribution in [0.4, 0.5) is 0 Å². The molecular formula is C19H22N4O2. The summed E-state index contributed by atoms with van der Waals surface area (Å²) in [6.07, 6.45) is 1.95. The molecule has 1 amide bonds. The van der Waals surface area contributed by atoms with Crippen molar-refractivity contribution in [2.24, 2.45) is 7.05 Å². The molecule has 1 N–H and O–H groups in total. The molecule has 0 unspecified atom stereocenters. The number of hydrogen-bond acceptors (Lipinski definition) is 3. The predicted molar refractivity (Wildman–Crippen MR) is 96.5 cm³/mol. The highest BCUT2D eigenvalue weighted by molar-refractivity contribution is 5.93. The molecule has 0 atom stereocenters. The standard InChI is InChI=1S/C19H22N4O2/c1-5-25-21-19(24)18-12-15(16-7-6-10-22(16)4)20-23(18)17-11-13(2)8-9-14(17)3/h6-12H,5H2,1-4H3,(H,21,24). The third-order valence-electron chi connectivity index (χ3n) is 4.05. The molecule has 6 nitrogen and oxygen atoms in total. The van der Waals surface area contributed by atoms with E-state index in [0.29, 0.717) is 12.3 Å². The van der Waals surface area contributed by atoms with Crippen molar-refractivity contribution >= 4 is 5.91 Å². The zero-order chi connectivity index (χ0) is 18.0. The minimum Gasteiger partial charge on any atom is -0.349 e. The Balaban J connectivity index is 2.15. The number of hydroxylamine groups is 1. The summed E-state index contributed by atoms with van der Waals surface area (Å²) in [5.41, 5.74) is 7.58. The molecule has 3 rings (SSSR count). The lowest BCUT2D eigenvalue weighted by atomic mass is 10.1. The zero-order valence-electron chi connectivity index (χ0n) is 14.9. The van der Waals surface area contributed by atoms with Gasteiger partial charge in [0, 0.05) is 13.2 Å².